The first-order valence-electron chi connectivity index (χ1n) is 7.73. The Morgan fingerprint density at radius 1 is 1.24 bits per heavy atom. The van der Waals surface area contributed by atoms with Gasteiger partial charge in [-0.2, -0.15) is 15.0 Å². The molecule has 0 spiro atoms. The smallest absolute Gasteiger partial charge is 0.231 e. The lowest BCUT2D eigenvalue weighted by atomic mass is 9.95. The molecule has 0 saturated carbocycles. The van der Waals surface area contributed by atoms with Gasteiger partial charge in [0, 0.05) is 19.7 Å². The van der Waals surface area contributed by atoms with E-state index in [1.807, 2.05) is 0 Å². The Hall–Kier alpha value is -1.63. The summed E-state index contributed by atoms with van der Waals surface area (Å²) in [6, 6.07) is 0. The van der Waals surface area contributed by atoms with E-state index in [9.17, 15) is 0 Å². The fourth-order valence-electron chi connectivity index (χ4n) is 2.93. The highest BCUT2D eigenvalue weighted by molar-refractivity contribution is 5.43. The molecule has 2 unspecified atom stereocenters. The van der Waals surface area contributed by atoms with Gasteiger partial charge in [-0.05, 0) is 39.5 Å². The molecule has 0 aromatic carbocycles. The van der Waals surface area contributed by atoms with Gasteiger partial charge in [0.05, 0.1) is 11.6 Å². The van der Waals surface area contributed by atoms with E-state index in [0.717, 1.165) is 26.1 Å². The molecule has 21 heavy (non-hydrogen) atoms. The summed E-state index contributed by atoms with van der Waals surface area (Å²) in [6.45, 7) is 6.92. The van der Waals surface area contributed by atoms with Crippen LogP contribution in [-0.4, -0.2) is 46.3 Å². The minimum absolute atomic E-state index is 0.119. The summed E-state index contributed by atoms with van der Waals surface area (Å²) in [4.78, 5) is 15.3. The monoisotopic (exact) mass is 292 g/mol. The summed E-state index contributed by atoms with van der Waals surface area (Å²) in [5.74, 6) is 1.49. The molecule has 1 aromatic rings. The van der Waals surface area contributed by atoms with E-state index in [4.69, 9.17) is 10.5 Å². The average Bonchev–Trinajstić information content (AvgIpc) is 2.78. The van der Waals surface area contributed by atoms with Crippen molar-refractivity contribution in [2.75, 3.05) is 35.6 Å². The predicted molar refractivity (Wildman–Crippen MR) is 82.4 cm³/mol. The molecule has 3 N–H and O–H groups in total. The molecule has 3 heterocycles. The van der Waals surface area contributed by atoms with Crippen molar-refractivity contribution < 1.29 is 4.74 Å². The summed E-state index contributed by atoms with van der Waals surface area (Å²) < 4.78 is 5.64. The number of anilines is 3. The minimum Gasteiger partial charge on any atom is -0.376 e. The van der Waals surface area contributed by atoms with E-state index in [1.54, 1.807) is 0 Å². The van der Waals surface area contributed by atoms with E-state index in [0.29, 0.717) is 11.9 Å². The number of nitrogens with zero attached hydrogens (tertiary/aromatic N) is 4. The molecule has 0 amide bonds. The van der Waals surface area contributed by atoms with Gasteiger partial charge in [-0.15, -0.1) is 0 Å². The molecule has 0 radical (unpaired) electrons. The zero-order valence-electron chi connectivity index (χ0n) is 12.8. The highest BCUT2D eigenvalue weighted by Crippen LogP contribution is 2.29. The quantitative estimate of drug-likeness (QED) is 0.871. The molecular weight excluding hydrogens is 268 g/mol. The molecule has 1 aromatic heterocycles. The van der Waals surface area contributed by atoms with Gasteiger partial charge in [0.15, 0.2) is 0 Å². The number of rotatable bonds is 3. The highest BCUT2D eigenvalue weighted by Gasteiger charge is 2.37. The summed E-state index contributed by atoms with van der Waals surface area (Å²) in [6.07, 6.45) is 4.68. The third kappa shape index (κ3) is 3.02. The van der Waals surface area contributed by atoms with Crippen LogP contribution in [0.15, 0.2) is 0 Å². The highest BCUT2D eigenvalue weighted by atomic mass is 16.5. The molecule has 116 valence electrons. The fraction of sp³-hybridized carbons (Fsp3) is 0.786. The standard InChI is InChI=1S/C14H24N6O/c1-10-14(2,6-9-21-10)19-12-16-11(15)17-13(18-12)20-7-4-3-5-8-20/h10H,3-9H2,1-2H3,(H3,15,16,17,18,19). The Kier molecular flexibility index (Phi) is 3.84. The van der Waals surface area contributed by atoms with Crippen molar-refractivity contribution in [3.63, 3.8) is 0 Å². The van der Waals surface area contributed by atoms with Crippen molar-refractivity contribution >= 4 is 17.8 Å². The van der Waals surface area contributed by atoms with E-state index < -0.39 is 0 Å². The van der Waals surface area contributed by atoms with Crippen LogP contribution >= 0.6 is 0 Å². The molecule has 2 atom stereocenters. The van der Waals surface area contributed by atoms with Crippen LogP contribution in [-0.2, 0) is 4.74 Å². The third-order valence-electron chi connectivity index (χ3n) is 4.56. The number of nitrogen functional groups attached to an aromatic ring is 1. The number of hydrogen-bond donors (Lipinski definition) is 2. The molecule has 2 fully saturated rings. The van der Waals surface area contributed by atoms with Crippen molar-refractivity contribution in [3.8, 4) is 0 Å². The second kappa shape index (κ2) is 5.63. The van der Waals surface area contributed by atoms with Crippen molar-refractivity contribution in [2.45, 2.75) is 51.2 Å². The van der Waals surface area contributed by atoms with Gasteiger partial charge in [-0.1, -0.05) is 0 Å². The second-order valence-corrected chi connectivity index (χ2v) is 6.17. The first-order valence-corrected chi connectivity index (χ1v) is 7.73. The normalized spacial score (nSPS) is 29.6. The molecule has 0 bridgehead atoms. The number of nitrogens with one attached hydrogen (secondary N) is 1. The van der Waals surface area contributed by atoms with Crippen molar-refractivity contribution in [1.82, 2.24) is 15.0 Å². The SMILES string of the molecule is CC1OCCC1(C)Nc1nc(N)nc(N2CCCCC2)n1. The van der Waals surface area contributed by atoms with Gasteiger partial charge in [0.25, 0.3) is 0 Å². The van der Waals surface area contributed by atoms with Crippen LogP contribution in [0, 0.1) is 0 Å². The van der Waals surface area contributed by atoms with Crippen LogP contribution in [0.1, 0.15) is 39.5 Å². The summed E-state index contributed by atoms with van der Waals surface area (Å²) in [7, 11) is 0. The Labute approximate surface area is 125 Å². The minimum atomic E-state index is -0.160. The molecule has 2 saturated heterocycles. The zero-order valence-corrected chi connectivity index (χ0v) is 12.8. The van der Waals surface area contributed by atoms with Gasteiger partial charge in [-0.3, -0.25) is 0 Å². The van der Waals surface area contributed by atoms with E-state index in [-0.39, 0.29) is 17.6 Å². The molecule has 2 aliphatic rings. The molecular formula is C14H24N6O. The number of nitrogens with two attached hydrogens (primary N) is 1. The van der Waals surface area contributed by atoms with Crippen LogP contribution in [0.3, 0.4) is 0 Å². The molecule has 3 rings (SSSR count). The Bertz CT molecular complexity index is 504. The van der Waals surface area contributed by atoms with Crippen LogP contribution in [0.25, 0.3) is 0 Å². The van der Waals surface area contributed by atoms with Gasteiger partial charge < -0.3 is 20.7 Å². The third-order valence-corrected chi connectivity index (χ3v) is 4.56. The largest absolute Gasteiger partial charge is 0.376 e. The first kappa shape index (κ1) is 14.3. The van der Waals surface area contributed by atoms with Crippen LogP contribution in [0.5, 0.6) is 0 Å². The topological polar surface area (TPSA) is 89.2 Å². The van der Waals surface area contributed by atoms with E-state index in [1.165, 1.54) is 19.3 Å². The maximum Gasteiger partial charge on any atom is 0.231 e. The predicted octanol–water partition coefficient (Wildman–Crippen LogP) is 1.42. The lowest BCUT2D eigenvalue weighted by Gasteiger charge is -2.30. The van der Waals surface area contributed by atoms with Crippen molar-refractivity contribution in [2.24, 2.45) is 0 Å². The Balaban J connectivity index is 1.80. The second-order valence-electron chi connectivity index (χ2n) is 6.17. The first-order chi connectivity index (χ1) is 10.1. The fourth-order valence-corrected chi connectivity index (χ4v) is 2.93. The van der Waals surface area contributed by atoms with Gasteiger partial charge in [-0.25, -0.2) is 0 Å². The molecule has 0 aliphatic carbocycles. The van der Waals surface area contributed by atoms with E-state index in [2.05, 4.69) is 39.0 Å². The van der Waals surface area contributed by atoms with Gasteiger partial charge >= 0.3 is 0 Å². The maximum atomic E-state index is 5.86. The van der Waals surface area contributed by atoms with Crippen molar-refractivity contribution in [1.29, 1.82) is 0 Å². The van der Waals surface area contributed by atoms with Gasteiger partial charge in [0.2, 0.25) is 17.8 Å². The Morgan fingerprint density at radius 3 is 2.67 bits per heavy atom. The number of hydrogen-bond acceptors (Lipinski definition) is 7. The summed E-state index contributed by atoms with van der Waals surface area (Å²) >= 11 is 0. The van der Waals surface area contributed by atoms with Crippen LogP contribution in [0.4, 0.5) is 17.8 Å². The zero-order chi connectivity index (χ0) is 14.9. The van der Waals surface area contributed by atoms with Crippen LogP contribution in [0.2, 0.25) is 0 Å². The number of piperidine rings is 1. The Morgan fingerprint density at radius 2 is 2.00 bits per heavy atom. The number of ether oxygens (including phenoxy) is 1. The molecule has 2 aliphatic heterocycles. The lowest BCUT2D eigenvalue weighted by Crippen LogP contribution is -2.42. The summed E-state index contributed by atoms with van der Waals surface area (Å²) in [5.41, 5.74) is 5.70. The van der Waals surface area contributed by atoms with E-state index >= 15 is 0 Å². The van der Waals surface area contributed by atoms with Gasteiger partial charge in [0.1, 0.15) is 0 Å². The number of aromatic nitrogens is 3. The summed E-state index contributed by atoms with van der Waals surface area (Å²) in [5, 5.41) is 3.39. The molecule has 7 heteroatoms. The average molecular weight is 292 g/mol. The van der Waals surface area contributed by atoms with Crippen molar-refractivity contribution in [3.05, 3.63) is 0 Å². The molecule has 7 nitrogen and oxygen atoms in total. The maximum absolute atomic E-state index is 5.86. The lowest BCUT2D eigenvalue weighted by molar-refractivity contribution is 0.105. The van der Waals surface area contributed by atoms with Crippen LogP contribution < -0.4 is 16.0 Å².